The predicted molar refractivity (Wildman–Crippen MR) is 104 cm³/mol. The van der Waals surface area contributed by atoms with Gasteiger partial charge in [0.25, 0.3) is 0 Å². The molecule has 0 aliphatic carbocycles. The molecular weight excluding hydrogens is 366 g/mol. The number of aromatic carboxylic acids is 1. The minimum atomic E-state index is -1.05. The van der Waals surface area contributed by atoms with Gasteiger partial charge in [-0.25, -0.2) is 9.78 Å². The lowest BCUT2D eigenvalue weighted by molar-refractivity contribution is 0.0693. The summed E-state index contributed by atoms with van der Waals surface area (Å²) < 4.78 is 11.3. The van der Waals surface area contributed by atoms with E-state index >= 15 is 0 Å². The van der Waals surface area contributed by atoms with E-state index in [0.717, 1.165) is 5.56 Å². The van der Waals surface area contributed by atoms with Gasteiger partial charge in [0.1, 0.15) is 18.1 Å². The van der Waals surface area contributed by atoms with Crippen LogP contribution in [0.4, 0.5) is 0 Å². The van der Waals surface area contributed by atoms with Gasteiger partial charge in [-0.1, -0.05) is 23.7 Å². The number of hydrogen-bond donors (Lipinski definition) is 1. The predicted octanol–water partition coefficient (Wildman–Crippen LogP) is 5.08. The molecule has 138 valence electrons. The quantitative estimate of drug-likeness (QED) is 0.616. The molecule has 1 aromatic heterocycles. The van der Waals surface area contributed by atoms with Crippen molar-refractivity contribution in [3.63, 3.8) is 0 Å². The van der Waals surface area contributed by atoms with E-state index in [2.05, 4.69) is 4.98 Å². The number of para-hydroxylation sites is 1. The molecule has 0 spiro atoms. The molecule has 5 nitrogen and oxygen atoms in total. The Hall–Kier alpha value is -3.05. The van der Waals surface area contributed by atoms with Gasteiger partial charge < -0.3 is 14.6 Å². The molecule has 1 heterocycles. The summed E-state index contributed by atoms with van der Waals surface area (Å²) in [6.07, 6.45) is 0. The first kappa shape index (κ1) is 18.7. The molecule has 0 aliphatic rings. The van der Waals surface area contributed by atoms with Gasteiger partial charge in [0.15, 0.2) is 0 Å². The van der Waals surface area contributed by atoms with Crippen molar-refractivity contribution in [3.05, 3.63) is 76.9 Å². The first-order chi connectivity index (χ1) is 13.1. The number of aromatic nitrogens is 1. The summed E-state index contributed by atoms with van der Waals surface area (Å²) in [5.41, 5.74) is 1.85. The Labute approximate surface area is 162 Å². The van der Waals surface area contributed by atoms with Gasteiger partial charge >= 0.3 is 5.97 Å². The third kappa shape index (κ3) is 4.57. The highest BCUT2D eigenvalue weighted by Crippen LogP contribution is 2.29. The van der Waals surface area contributed by atoms with Crippen LogP contribution >= 0.6 is 11.6 Å². The zero-order valence-electron chi connectivity index (χ0n) is 14.7. The fourth-order valence-electron chi connectivity index (χ4n) is 2.60. The lowest BCUT2D eigenvalue weighted by Gasteiger charge is -2.13. The molecule has 0 bridgehead atoms. The molecule has 0 unspecified atom stereocenters. The molecule has 0 saturated carbocycles. The molecule has 0 aliphatic heterocycles. The molecule has 0 amide bonds. The van der Waals surface area contributed by atoms with E-state index in [9.17, 15) is 9.90 Å². The Morgan fingerprint density at radius 1 is 1.04 bits per heavy atom. The Bertz CT molecular complexity index is 941. The summed E-state index contributed by atoms with van der Waals surface area (Å²) in [6, 6.07) is 17.6. The molecule has 6 heteroatoms. The van der Waals surface area contributed by atoms with Crippen LogP contribution in [0, 0.1) is 0 Å². The molecule has 2 aromatic carbocycles. The molecule has 0 fully saturated rings. The van der Waals surface area contributed by atoms with Gasteiger partial charge in [0.05, 0.1) is 23.6 Å². The fourth-order valence-corrected chi connectivity index (χ4v) is 2.72. The average Bonchev–Trinajstić information content (AvgIpc) is 2.68. The van der Waals surface area contributed by atoms with Crippen molar-refractivity contribution in [3.8, 4) is 22.8 Å². The van der Waals surface area contributed by atoms with Crippen LogP contribution < -0.4 is 9.47 Å². The van der Waals surface area contributed by atoms with Crippen molar-refractivity contribution in [2.24, 2.45) is 0 Å². The van der Waals surface area contributed by atoms with Crippen molar-refractivity contribution in [1.82, 2.24) is 4.98 Å². The molecule has 0 radical (unpaired) electrons. The number of carboxylic acids is 1. The number of ether oxygens (including phenoxy) is 2. The van der Waals surface area contributed by atoms with E-state index in [1.165, 1.54) is 6.07 Å². The van der Waals surface area contributed by atoms with Crippen molar-refractivity contribution in [1.29, 1.82) is 0 Å². The third-order valence-electron chi connectivity index (χ3n) is 3.86. The van der Waals surface area contributed by atoms with Crippen LogP contribution in [-0.4, -0.2) is 22.7 Å². The van der Waals surface area contributed by atoms with Crippen LogP contribution in [0.3, 0.4) is 0 Å². The second-order valence-electron chi connectivity index (χ2n) is 5.67. The molecular formula is C21H18ClNO4. The number of hydrogen-bond acceptors (Lipinski definition) is 4. The average molecular weight is 384 g/mol. The summed E-state index contributed by atoms with van der Waals surface area (Å²) in [6.45, 7) is 2.45. The molecule has 0 saturated heterocycles. The first-order valence-corrected chi connectivity index (χ1v) is 8.80. The van der Waals surface area contributed by atoms with Gasteiger partial charge in [-0.3, -0.25) is 0 Å². The van der Waals surface area contributed by atoms with E-state index in [-0.39, 0.29) is 12.2 Å². The van der Waals surface area contributed by atoms with Crippen molar-refractivity contribution in [2.45, 2.75) is 13.5 Å². The third-order valence-corrected chi connectivity index (χ3v) is 4.11. The van der Waals surface area contributed by atoms with Gasteiger partial charge in [-0.05, 0) is 55.5 Å². The van der Waals surface area contributed by atoms with E-state index < -0.39 is 5.97 Å². The maximum atomic E-state index is 11.6. The number of carbonyl (C=O) groups is 1. The SMILES string of the molecule is CCOc1ccccc1-c1ccc(C(=O)O)c(COc2ccc(Cl)cc2)n1. The van der Waals surface area contributed by atoms with Crippen LogP contribution in [0.15, 0.2) is 60.7 Å². The van der Waals surface area contributed by atoms with Gasteiger partial charge in [-0.2, -0.15) is 0 Å². The van der Waals surface area contributed by atoms with Crippen LogP contribution in [-0.2, 0) is 6.61 Å². The standard InChI is InChI=1S/C21H18ClNO4/c1-2-26-20-6-4-3-5-16(20)18-12-11-17(21(24)25)19(23-18)13-27-15-9-7-14(22)8-10-15/h3-12H,2,13H2,1H3,(H,24,25). The van der Waals surface area contributed by atoms with E-state index in [1.807, 2.05) is 31.2 Å². The summed E-state index contributed by atoms with van der Waals surface area (Å²) >= 11 is 5.87. The molecule has 3 aromatic rings. The number of halogens is 1. The molecule has 1 N–H and O–H groups in total. The van der Waals surface area contributed by atoms with E-state index in [1.54, 1.807) is 30.3 Å². The zero-order chi connectivity index (χ0) is 19.2. The van der Waals surface area contributed by atoms with Gasteiger partial charge in [0, 0.05) is 10.6 Å². The maximum absolute atomic E-state index is 11.6. The van der Waals surface area contributed by atoms with E-state index in [4.69, 9.17) is 21.1 Å². The van der Waals surface area contributed by atoms with Crippen LogP contribution in [0.2, 0.25) is 5.02 Å². The fraction of sp³-hybridized carbons (Fsp3) is 0.143. The van der Waals surface area contributed by atoms with Crippen molar-refractivity contribution >= 4 is 17.6 Å². The number of rotatable bonds is 7. The lowest BCUT2D eigenvalue weighted by atomic mass is 10.1. The highest BCUT2D eigenvalue weighted by atomic mass is 35.5. The van der Waals surface area contributed by atoms with Crippen LogP contribution in [0.5, 0.6) is 11.5 Å². The Kier molecular flexibility index (Phi) is 5.94. The summed E-state index contributed by atoms with van der Waals surface area (Å²) in [5.74, 6) is 0.222. The lowest BCUT2D eigenvalue weighted by Crippen LogP contribution is -2.09. The monoisotopic (exact) mass is 383 g/mol. The van der Waals surface area contributed by atoms with Crippen LogP contribution in [0.25, 0.3) is 11.3 Å². The molecule has 3 rings (SSSR count). The Morgan fingerprint density at radius 3 is 2.48 bits per heavy atom. The number of benzene rings is 2. The van der Waals surface area contributed by atoms with Gasteiger partial charge in [-0.15, -0.1) is 0 Å². The molecule has 0 atom stereocenters. The van der Waals surface area contributed by atoms with Crippen LogP contribution in [0.1, 0.15) is 23.0 Å². The summed E-state index contributed by atoms with van der Waals surface area (Å²) in [4.78, 5) is 16.1. The number of nitrogens with zero attached hydrogens (tertiary/aromatic N) is 1. The van der Waals surface area contributed by atoms with Gasteiger partial charge in [0.2, 0.25) is 0 Å². The minimum Gasteiger partial charge on any atom is -0.493 e. The van der Waals surface area contributed by atoms with Crippen molar-refractivity contribution in [2.75, 3.05) is 6.61 Å². The summed E-state index contributed by atoms with van der Waals surface area (Å²) in [5, 5.41) is 10.1. The normalized spacial score (nSPS) is 10.4. The Morgan fingerprint density at radius 2 is 1.78 bits per heavy atom. The second-order valence-corrected chi connectivity index (χ2v) is 6.10. The zero-order valence-corrected chi connectivity index (χ0v) is 15.4. The second kappa shape index (κ2) is 8.56. The summed E-state index contributed by atoms with van der Waals surface area (Å²) in [7, 11) is 0. The number of carboxylic acid groups (broad SMARTS) is 1. The van der Waals surface area contributed by atoms with Crippen molar-refractivity contribution < 1.29 is 19.4 Å². The smallest absolute Gasteiger partial charge is 0.337 e. The highest BCUT2D eigenvalue weighted by Gasteiger charge is 2.15. The molecule has 27 heavy (non-hydrogen) atoms. The number of pyridine rings is 1. The van der Waals surface area contributed by atoms with E-state index in [0.29, 0.717) is 34.5 Å². The minimum absolute atomic E-state index is 0.0217. The largest absolute Gasteiger partial charge is 0.493 e. The maximum Gasteiger partial charge on any atom is 0.337 e. The highest BCUT2D eigenvalue weighted by molar-refractivity contribution is 6.30. The first-order valence-electron chi connectivity index (χ1n) is 8.42. The Balaban J connectivity index is 1.93. The topological polar surface area (TPSA) is 68.7 Å².